The van der Waals surface area contributed by atoms with Gasteiger partial charge in [0, 0.05) is 22.2 Å². The highest BCUT2D eigenvalue weighted by atomic mass is 16.3. The number of hydrogen-bond acceptors (Lipinski definition) is 2. The molecule has 4 aliphatic carbocycles. The van der Waals surface area contributed by atoms with E-state index in [1.54, 1.807) is 0 Å². The zero-order valence-electron chi connectivity index (χ0n) is 37.3. The lowest BCUT2D eigenvalue weighted by Crippen LogP contribution is -2.29. The van der Waals surface area contributed by atoms with E-state index >= 15 is 0 Å². The summed E-state index contributed by atoms with van der Waals surface area (Å²) in [6.07, 6.45) is 0.947. The molecule has 1 spiro atoms. The van der Waals surface area contributed by atoms with E-state index < -0.39 is 5.41 Å². The van der Waals surface area contributed by atoms with Gasteiger partial charge >= 0.3 is 0 Å². The summed E-state index contributed by atoms with van der Waals surface area (Å²) in [7, 11) is 0. The molecule has 0 amide bonds. The summed E-state index contributed by atoms with van der Waals surface area (Å²) in [4.78, 5) is 2.51. The molecule has 0 fully saturated rings. The third-order valence-corrected chi connectivity index (χ3v) is 15.9. The van der Waals surface area contributed by atoms with Crippen molar-refractivity contribution in [1.29, 1.82) is 0 Å². The Labute approximate surface area is 390 Å². The minimum Gasteiger partial charge on any atom is -0.456 e. The molecule has 1 aromatic heterocycles. The van der Waals surface area contributed by atoms with Crippen molar-refractivity contribution in [2.45, 2.75) is 31.1 Å². The molecule has 2 nitrogen and oxygen atoms in total. The number of benzene rings is 10. The van der Waals surface area contributed by atoms with Crippen molar-refractivity contribution < 1.29 is 4.42 Å². The number of anilines is 3. The first-order chi connectivity index (χ1) is 33.0. The maximum absolute atomic E-state index is 6.64. The number of para-hydroxylation sites is 1. The van der Waals surface area contributed by atoms with Crippen LogP contribution < -0.4 is 4.90 Å². The highest BCUT2D eigenvalue weighted by molar-refractivity contribution is 6.14. The molecule has 1 unspecified atom stereocenters. The maximum atomic E-state index is 6.64. The average molecular weight is 854 g/mol. The molecule has 314 valence electrons. The van der Waals surface area contributed by atoms with Crippen molar-refractivity contribution in [3.8, 4) is 55.6 Å². The van der Waals surface area contributed by atoms with Gasteiger partial charge < -0.3 is 9.32 Å². The Hall–Kier alpha value is -8.20. The van der Waals surface area contributed by atoms with Crippen LogP contribution >= 0.6 is 0 Å². The van der Waals surface area contributed by atoms with Crippen molar-refractivity contribution >= 4 is 39.0 Å². The van der Waals surface area contributed by atoms with Crippen LogP contribution in [-0.2, 0) is 17.3 Å². The second-order valence-electron chi connectivity index (χ2n) is 19.5. The number of furan rings is 1. The minimum atomic E-state index is -0.652. The Morgan fingerprint density at radius 2 is 0.925 bits per heavy atom. The Bertz CT molecular complexity index is 3960. The molecule has 0 saturated heterocycles. The first-order valence-corrected chi connectivity index (χ1v) is 23.6. The molecule has 11 aromatic rings. The van der Waals surface area contributed by atoms with Crippen molar-refractivity contribution in [3.63, 3.8) is 0 Å². The molecule has 0 radical (unpaired) electrons. The summed E-state index contributed by atoms with van der Waals surface area (Å²) < 4.78 is 6.64. The first kappa shape index (κ1) is 37.1. The van der Waals surface area contributed by atoms with Crippen molar-refractivity contribution in [3.05, 3.63) is 257 Å². The fraction of sp³-hybridized carbons (Fsp3) is 0.0769. The van der Waals surface area contributed by atoms with Gasteiger partial charge in [-0.05, 0) is 149 Å². The van der Waals surface area contributed by atoms with Gasteiger partial charge in [-0.1, -0.05) is 184 Å². The van der Waals surface area contributed by atoms with Crippen LogP contribution in [0.2, 0.25) is 0 Å². The molecule has 67 heavy (non-hydrogen) atoms. The maximum Gasteiger partial charge on any atom is 0.137 e. The summed E-state index contributed by atoms with van der Waals surface area (Å²) in [5.41, 5.74) is 28.1. The van der Waals surface area contributed by atoms with E-state index in [0.29, 0.717) is 0 Å². The van der Waals surface area contributed by atoms with Crippen molar-refractivity contribution in [2.24, 2.45) is 0 Å². The summed E-state index contributed by atoms with van der Waals surface area (Å²) in [6.45, 7) is 4.75. The van der Waals surface area contributed by atoms with E-state index in [9.17, 15) is 0 Å². The second kappa shape index (κ2) is 13.2. The molecule has 1 heterocycles. The topological polar surface area (TPSA) is 16.4 Å². The normalized spacial score (nSPS) is 16.0. The van der Waals surface area contributed by atoms with Crippen LogP contribution in [0.1, 0.15) is 58.4 Å². The predicted molar refractivity (Wildman–Crippen MR) is 276 cm³/mol. The van der Waals surface area contributed by atoms with Crippen LogP contribution in [0.3, 0.4) is 0 Å². The van der Waals surface area contributed by atoms with E-state index in [-0.39, 0.29) is 5.41 Å². The third kappa shape index (κ3) is 4.74. The molecule has 0 saturated carbocycles. The molecule has 10 aromatic carbocycles. The SMILES string of the molecule is CC1(C)c2ccccc2-c2ccc(N(c3ccc4c(c3)C3(c5ccccc5-c5ccccc5-4)c4ccccc4-c4c3ccc3c4-c4ccccc4C3)c3cccc4oc5ccccc5c34)cc21. The molecule has 0 aliphatic heterocycles. The van der Waals surface area contributed by atoms with Gasteiger partial charge in [-0.15, -0.1) is 0 Å². The zero-order valence-corrected chi connectivity index (χ0v) is 37.3. The quantitative estimate of drug-likeness (QED) is 0.176. The Morgan fingerprint density at radius 1 is 0.373 bits per heavy atom. The van der Waals surface area contributed by atoms with E-state index in [2.05, 4.69) is 231 Å². The molecule has 15 rings (SSSR count). The standard InChI is InChI=1S/C65H43NO/c1-64(2)52-24-11-7-21-47(52)49-34-32-41(37-56(49)64)66(58-27-15-29-60-63(58)51-23-10-14-28-59(51)67-60)42-31-33-48-45-19-6-5-18-44(45)46-20-8-12-25-53(46)65(57(48)38-42)54-26-13-9-22-50(54)62-55(65)35-30-40-36-39-16-3-4-17-43(39)61(40)62/h3-35,37-38H,36H2,1-2H3. The van der Waals surface area contributed by atoms with E-state index in [1.165, 1.54) is 100 Å². The van der Waals surface area contributed by atoms with Gasteiger partial charge in [-0.25, -0.2) is 0 Å². The molecular formula is C65H43NO. The number of nitrogens with zero attached hydrogens (tertiary/aromatic N) is 1. The van der Waals surface area contributed by atoms with Gasteiger partial charge in [-0.2, -0.15) is 0 Å². The largest absolute Gasteiger partial charge is 0.456 e. The minimum absolute atomic E-state index is 0.177. The summed E-state index contributed by atoms with van der Waals surface area (Å²) in [5, 5.41) is 2.21. The number of hydrogen-bond donors (Lipinski definition) is 0. The highest BCUT2D eigenvalue weighted by Crippen LogP contribution is 2.65. The molecule has 0 N–H and O–H groups in total. The zero-order chi connectivity index (χ0) is 44.2. The molecule has 1 atom stereocenters. The predicted octanol–water partition coefficient (Wildman–Crippen LogP) is 16.9. The fourth-order valence-corrected chi connectivity index (χ4v) is 13.1. The fourth-order valence-electron chi connectivity index (χ4n) is 13.1. The molecular weight excluding hydrogens is 811 g/mol. The van der Waals surface area contributed by atoms with Crippen molar-refractivity contribution in [1.82, 2.24) is 0 Å². The summed E-state index contributed by atoms with van der Waals surface area (Å²) >= 11 is 0. The smallest absolute Gasteiger partial charge is 0.137 e. The lowest BCUT2D eigenvalue weighted by molar-refractivity contribution is 0.660. The monoisotopic (exact) mass is 853 g/mol. The van der Waals surface area contributed by atoms with Crippen LogP contribution in [0.25, 0.3) is 77.6 Å². The van der Waals surface area contributed by atoms with Gasteiger partial charge in [0.1, 0.15) is 11.2 Å². The first-order valence-electron chi connectivity index (χ1n) is 23.6. The van der Waals surface area contributed by atoms with Gasteiger partial charge in [0.25, 0.3) is 0 Å². The van der Waals surface area contributed by atoms with Gasteiger partial charge in [-0.3, -0.25) is 0 Å². The summed E-state index contributed by atoms with van der Waals surface area (Å²) in [6, 6.07) is 80.0. The second-order valence-corrected chi connectivity index (χ2v) is 19.5. The van der Waals surface area contributed by atoms with Crippen LogP contribution in [0.4, 0.5) is 17.1 Å². The lowest BCUT2D eigenvalue weighted by Gasteiger charge is -2.37. The van der Waals surface area contributed by atoms with E-state index in [1.807, 2.05) is 0 Å². The Kier molecular flexibility index (Phi) is 7.31. The van der Waals surface area contributed by atoms with Crippen LogP contribution in [0.15, 0.2) is 217 Å². The molecule has 4 aliphatic rings. The molecule has 0 bridgehead atoms. The Balaban J connectivity index is 1.08. The van der Waals surface area contributed by atoms with Crippen LogP contribution in [0.5, 0.6) is 0 Å². The van der Waals surface area contributed by atoms with Crippen LogP contribution in [-0.4, -0.2) is 0 Å². The molecule has 2 heteroatoms. The highest BCUT2D eigenvalue weighted by Gasteiger charge is 2.51. The van der Waals surface area contributed by atoms with Crippen molar-refractivity contribution in [2.75, 3.05) is 4.90 Å². The van der Waals surface area contributed by atoms with Gasteiger partial charge in [0.05, 0.1) is 16.5 Å². The van der Waals surface area contributed by atoms with Gasteiger partial charge in [0.15, 0.2) is 0 Å². The van der Waals surface area contributed by atoms with E-state index in [4.69, 9.17) is 4.42 Å². The Morgan fingerprint density at radius 3 is 1.69 bits per heavy atom. The average Bonchev–Trinajstić information content (AvgIpc) is 4.08. The summed E-state index contributed by atoms with van der Waals surface area (Å²) in [5.74, 6) is 0. The number of rotatable bonds is 3. The third-order valence-electron chi connectivity index (χ3n) is 15.9. The van der Waals surface area contributed by atoms with Gasteiger partial charge in [0.2, 0.25) is 0 Å². The number of fused-ring (bicyclic) bond motifs is 22. The van der Waals surface area contributed by atoms with E-state index in [0.717, 1.165) is 45.4 Å². The lowest BCUT2D eigenvalue weighted by atomic mass is 9.65. The van der Waals surface area contributed by atoms with Crippen LogP contribution in [0, 0.1) is 0 Å².